The number of carbonyl (C=O) groups is 1. The van der Waals surface area contributed by atoms with Gasteiger partial charge in [0.25, 0.3) is 0 Å². The quantitative estimate of drug-likeness (QED) is 0.786. The number of hydrogen-bond donors (Lipinski definition) is 0. The molecule has 1 heterocycles. The second-order valence-corrected chi connectivity index (χ2v) is 4.46. The van der Waals surface area contributed by atoms with Gasteiger partial charge in [0, 0.05) is 19.7 Å². The second-order valence-electron chi connectivity index (χ2n) is 4.46. The highest BCUT2D eigenvalue weighted by Crippen LogP contribution is 2.09. The van der Waals surface area contributed by atoms with Crippen molar-refractivity contribution in [2.75, 3.05) is 7.05 Å². The van der Waals surface area contributed by atoms with E-state index in [0.717, 1.165) is 11.3 Å². The average Bonchev–Trinajstić information content (AvgIpc) is 2.83. The first-order valence-electron chi connectivity index (χ1n) is 6.19. The molecule has 0 saturated heterocycles. The Hall–Kier alpha value is -2.29. The molecule has 0 spiro atoms. The zero-order valence-corrected chi connectivity index (χ0v) is 11.2. The van der Waals surface area contributed by atoms with Crippen LogP contribution < -0.4 is 0 Å². The predicted molar refractivity (Wildman–Crippen MR) is 75.4 cm³/mol. The molecule has 98 valence electrons. The molecule has 0 aliphatic heterocycles. The van der Waals surface area contributed by atoms with Crippen LogP contribution in [0, 0.1) is 6.92 Å². The molecule has 0 N–H and O–H groups in total. The number of likely N-dealkylation sites (N-methyl/N-ethyl adjacent to an activating group) is 1. The summed E-state index contributed by atoms with van der Waals surface area (Å²) in [7, 11) is 1.78. The van der Waals surface area contributed by atoms with E-state index in [9.17, 15) is 4.79 Å². The third kappa shape index (κ3) is 3.85. The van der Waals surface area contributed by atoms with Gasteiger partial charge < -0.3 is 9.32 Å². The van der Waals surface area contributed by atoms with Gasteiger partial charge in [0.1, 0.15) is 11.5 Å². The SMILES string of the molecule is Cc1ccc(/C=C/C(=O)N(C)Cc2ccccc2)o1. The number of benzene rings is 1. The van der Waals surface area contributed by atoms with E-state index in [1.807, 2.05) is 49.4 Å². The summed E-state index contributed by atoms with van der Waals surface area (Å²) in [5.41, 5.74) is 1.11. The van der Waals surface area contributed by atoms with E-state index in [2.05, 4.69) is 0 Å². The molecule has 2 rings (SSSR count). The van der Waals surface area contributed by atoms with Gasteiger partial charge in [0.15, 0.2) is 0 Å². The van der Waals surface area contributed by atoms with Gasteiger partial charge >= 0.3 is 0 Å². The van der Waals surface area contributed by atoms with E-state index in [4.69, 9.17) is 4.42 Å². The molecule has 0 fully saturated rings. The Labute approximate surface area is 113 Å². The van der Waals surface area contributed by atoms with Crippen molar-refractivity contribution in [2.24, 2.45) is 0 Å². The van der Waals surface area contributed by atoms with Crippen LogP contribution >= 0.6 is 0 Å². The number of furan rings is 1. The fourth-order valence-corrected chi connectivity index (χ4v) is 1.76. The molecule has 0 aliphatic rings. The number of aryl methyl sites for hydroxylation is 1. The Morgan fingerprint density at radius 1 is 1.21 bits per heavy atom. The van der Waals surface area contributed by atoms with Crippen molar-refractivity contribution in [3.8, 4) is 0 Å². The topological polar surface area (TPSA) is 33.5 Å². The fourth-order valence-electron chi connectivity index (χ4n) is 1.76. The number of amides is 1. The minimum atomic E-state index is -0.0436. The molecule has 19 heavy (non-hydrogen) atoms. The lowest BCUT2D eigenvalue weighted by atomic mass is 10.2. The van der Waals surface area contributed by atoms with Crippen molar-refractivity contribution < 1.29 is 9.21 Å². The zero-order valence-electron chi connectivity index (χ0n) is 11.2. The third-order valence-corrected chi connectivity index (χ3v) is 2.79. The summed E-state index contributed by atoms with van der Waals surface area (Å²) in [5.74, 6) is 1.49. The summed E-state index contributed by atoms with van der Waals surface area (Å²) >= 11 is 0. The highest BCUT2D eigenvalue weighted by atomic mass is 16.3. The normalized spacial score (nSPS) is 10.8. The number of rotatable bonds is 4. The van der Waals surface area contributed by atoms with Crippen molar-refractivity contribution in [3.63, 3.8) is 0 Å². The zero-order chi connectivity index (χ0) is 13.7. The van der Waals surface area contributed by atoms with E-state index in [1.54, 1.807) is 18.0 Å². The Bertz CT molecular complexity index is 569. The predicted octanol–water partition coefficient (Wildman–Crippen LogP) is 3.26. The Morgan fingerprint density at radius 2 is 1.95 bits per heavy atom. The van der Waals surface area contributed by atoms with Gasteiger partial charge in [-0.2, -0.15) is 0 Å². The van der Waals surface area contributed by atoms with Crippen LogP contribution in [0.1, 0.15) is 17.1 Å². The Kier molecular flexibility index (Phi) is 4.18. The van der Waals surface area contributed by atoms with Gasteiger partial charge in [-0.3, -0.25) is 4.79 Å². The molecule has 3 heteroatoms. The monoisotopic (exact) mass is 255 g/mol. The molecule has 0 bridgehead atoms. The van der Waals surface area contributed by atoms with Gasteiger partial charge in [-0.05, 0) is 30.7 Å². The molecule has 3 nitrogen and oxygen atoms in total. The smallest absolute Gasteiger partial charge is 0.246 e. The summed E-state index contributed by atoms with van der Waals surface area (Å²) < 4.78 is 5.37. The molecule has 0 atom stereocenters. The second kappa shape index (κ2) is 6.05. The molecular formula is C16H17NO2. The highest BCUT2D eigenvalue weighted by Gasteiger charge is 2.05. The van der Waals surface area contributed by atoms with Crippen LogP contribution in [0.4, 0.5) is 0 Å². The third-order valence-electron chi connectivity index (χ3n) is 2.79. The minimum Gasteiger partial charge on any atom is -0.462 e. The molecule has 0 aliphatic carbocycles. The first kappa shape index (κ1) is 13.1. The number of carbonyl (C=O) groups excluding carboxylic acids is 1. The summed E-state index contributed by atoms with van der Waals surface area (Å²) in [5, 5.41) is 0. The van der Waals surface area contributed by atoms with Gasteiger partial charge in [0.2, 0.25) is 5.91 Å². The van der Waals surface area contributed by atoms with Crippen LogP contribution in [0.25, 0.3) is 6.08 Å². The summed E-state index contributed by atoms with van der Waals surface area (Å²) in [6.07, 6.45) is 3.22. The highest BCUT2D eigenvalue weighted by molar-refractivity contribution is 5.91. The molecule has 0 radical (unpaired) electrons. The minimum absolute atomic E-state index is 0.0436. The standard InChI is InChI=1S/C16H17NO2/c1-13-8-9-15(19-13)10-11-16(18)17(2)12-14-6-4-3-5-7-14/h3-11H,12H2,1-2H3/b11-10+. The molecule has 1 aromatic carbocycles. The molecule has 2 aromatic rings. The summed E-state index contributed by atoms with van der Waals surface area (Å²) in [4.78, 5) is 13.6. The maximum absolute atomic E-state index is 11.9. The summed E-state index contributed by atoms with van der Waals surface area (Å²) in [6.45, 7) is 2.47. The van der Waals surface area contributed by atoms with E-state index < -0.39 is 0 Å². The van der Waals surface area contributed by atoms with Gasteiger partial charge in [0.05, 0.1) is 0 Å². The van der Waals surface area contributed by atoms with Crippen molar-refractivity contribution in [1.82, 2.24) is 4.90 Å². The van der Waals surface area contributed by atoms with Crippen LogP contribution in [0.3, 0.4) is 0 Å². The first-order chi connectivity index (χ1) is 9.15. The number of nitrogens with zero attached hydrogens (tertiary/aromatic N) is 1. The summed E-state index contributed by atoms with van der Waals surface area (Å²) in [6, 6.07) is 13.6. The van der Waals surface area contributed by atoms with Crippen LogP contribution in [0.2, 0.25) is 0 Å². The maximum atomic E-state index is 11.9. The van der Waals surface area contributed by atoms with Gasteiger partial charge in [-0.15, -0.1) is 0 Å². The van der Waals surface area contributed by atoms with Gasteiger partial charge in [-0.1, -0.05) is 30.3 Å². The Balaban J connectivity index is 1.94. The van der Waals surface area contributed by atoms with E-state index in [1.165, 1.54) is 6.08 Å². The van der Waals surface area contributed by atoms with Crippen LogP contribution in [-0.4, -0.2) is 17.9 Å². The lowest BCUT2D eigenvalue weighted by Gasteiger charge is -2.14. The molecule has 0 saturated carbocycles. The van der Waals surface area contributed by atoms with Crippen molar-refractivity contribution in [3.05, 3.63) is 65.6 Å². The van der Waals surface area contributed by atoms with Crippen LogP contribution in [-0.2, 0) is 11.3 Å². The molecular weight excluding hydrogens is 238 g/mol. The van der Waals surface area contributed by atoms with E-state index in [0.29, 0.717) is 12.3 Å². The lowest BCUT2D eigenvalue weighted by Crippen LogP contribution is -2.23. The fraction of sp³-hybridized carbons (Fsp3) is 0.188. The van der Waals surface area contributed by atoms with Crippen molar-refractivity contribution in [2.45, 2.75) is 13.5 Å². The van der Waals surface area contributed by atoms with E-state index >= 15 is 0 Å². The molecule has 1 amide bonds. The largest absolute Gasteiger partial charge is 0.462 e. The van der Waals surface area contributed by atoms with Crippen molar-refractivity contribution >= 4 is 12.0 Å². The van der Waals surface area contributed by atoms with E-state index in [-0.39, 0.29) is 5.91 Å². The Morgan fingerprint density at radius 3 is 2.58 bits per heavy atom. The molecule has 1 aromatic heterocycles. The van der Waals surface area contributed by atoms with Crippen LogP contribution in [0.15, 0.2) is 53.0 Å². The van der Waals surface area contributed by atoms with Crippen LogP contribution in [0.5, 0.6) is 0 Å². The van der Waals surface area contributed by atoms with Gasteiger partial charge in [-0.25, -0.2) is 0 Å². The lowest BCUT2D eigenvalue weighted by molar-refractivity contribution is -0.125. The average molecular weight is 255 g/mol. The molecule has 0 unspecified atom stereocenters. The number of hydrogen-bond acceptors (Lipinski definition) is 2. The maximum Gasteiger partial charge on any atom is 0.246 e. The first-order valence-corrected chi connectivity index (χ1v) is 6.19. The van der Waals surface area contributed by atoms with Crippen molar-refractivity contribution in [1.29, 1.82) is 0 Å².